The molecule has 41 heavy (non-hydrogen) atoms. The summed E-state index contributed by atoms with van der Waals surface area (Å²) in [7, 11) is 3.15. The topological polar surface area (TPSA) is 131 Å². The Bertz CT molecular complexity index is 1380. The molecular weight excluding hydrogens is 518 g/mol. The Kier molecular flexibility index (Phi) is 8.11. The third kappa shape index (κ3) is 6.41. The van der Waals surface area contributed by atoms with Crippen LogP contribution in [0.3, 0.4) is 0 Å². The molecule has 0 atom stereocenters. The molecule has 0 aliphatic heterocycles. The predicted octanol–water partition coefficient (Wildman–Crippen LogP) is 5.10. The van der Waals surface area contributed by atoms with E-state index in [1.54, 1.807) is 11.9 Å². The predicted molar refractivity (Wildman–Crippen MR) is 158 cm³/mol. The van der Waals surface area contributed by atoms with Crippen molar-refractivity contribution in [2.45, 2.75) is 69.1 Å². The first kappa shape index (κ1) is 28.7. The molecule has 2 aliphatic carbocycles. The van der Waals surface area contributed by atoms with Crippen LogP contribution < -0.4 is 11.1 Å². The van der Waals surface area contributed by atoms with Crippen LogP contribution in [0.15, 0.2) is 60.7 Å². The van der Waals surface area contributed by atoms with Gasteiger partial charge in [0.05, 0.1) is 12.7 Å². The minimum atomic E-state index is -0.722. The average Bonchev–Trinajstić information content (AvgIpc) is 2.96. The fourth-order valence-corrected chi connectivity index (χ4v) is 6.46. The number of nitrogens with one attached hydrogen (secondary N) is 1. The van der Waals surface area contributed by atoms with Crippen molar-refractivity contribution >= 4 is 17.8 Å². The number of hydrogen-bond acceptors (Lipinski definition) is 7. The van der Waals surface area contributed by atoms with Gasteiger partial charge in [-0.3, -0.25) is 4.79 Å². The molecule has 4 N–H and O–H groups in total. The SMILES string of the molecule is COC(=O)N(C)C1CCC(CC(=O)Nc2cc(-c3ccccc3)c(-c3ccc(C4(N)CC(C)(O)C4)cc3)nn2)CC1. The van der Waals surface area contributed by atoms with Crippen LogP contribution in [0.2, 0.25) is 0 Å². The highest BCUT2D eigenvalue weighted by Gasteiger charge is 2.49. The normalized spacial score (nSPS) is 25.6. The van der Waals surface area contributed by atoms with Gasteiger partial charge in [0.25, 0.3) is 0 Å². The fourth-order valence-electron chi connectivity index (χ4n) is 6.46. The third-order valence-corrected chi connectivity index (χ3v) is 8.57. The molecule has 3 aromatic rings. The molecule has 2 amide bonds. The number of methoxy groups -OCH3 is 1. The van der Waals surface area contributed by atoms with Crippen LogP contribution in [0.1, 0.15) is 57.4 Å². The Morgan fingerprint density at radius 3 is 2.29 bits per heavy atom. The third-order valence-electron chi connectivity index (χ3n) is 8.57. The lowest BCUT2D eigenvalue weighted by Crippen LogP contribution is -2.58. The molecule has 2 aliphatic rings. The molecule has 216 valence electrons. The first-order valence-corrected chi connectivity index (χ1v) is 14.2. The molecule has 0 radical (unpaired) electrons. The van der Waals surface area contributed by atoms with Gasteiger partial charge in [0, 0.05) is 36.2 Å². The van der Waals surface area contributed by atoms with Crippen molar-refractivity contribution in [1.29, 1.82) is 0 Å². The van der Waals surface area contributed by atoms with Crippen molar-refractivity contribution in [3.05, 3.63) is 66.2 Å². The number of aromatic nitrogens is 2. The van der Waals surface area contributed by atoms with Crippen LogP contribution in [0.4, 0.5) is 10.6 Å². The van der Waals surface area contributed by atoms with E-state index in [1.807, 2.05) is 67.6 Å². The zero-order valence-electron chi connectivity index (χ0n) is 24.0. The van der Waals surface area contributed by atoms with Gasteiger partial charge in [-0.15, -0.1) is 10.2 Å². The van der Waals surface area contributed by atoms with E-state index in [4.69, 9.17) is 10.5 Å². The molecule has 1 aromatic heterocycles. The molecule has 0 saturated heterocycles. The van der Waals surface area contributed by atoms with E-state index in [0.29, 0.717) is 30.8 Å². The first-order valence-electron chi connectivity index (χ1n) is 14.2. The number of anilines is 1. The largest absolute Gasteiger partial charge is 0.453 e. The summed E-state index contributed by atoms with van der Waals surface area (Å²) in [4.78, 5) is 26.4. The number of nitrogens with zero attached hydrogens (tertiary/aromatic N) is 3. The van der Waals surface area contributed by atoms with Gasteiger partial charge in [0.1, 0.15) is 5.69 Å². The molecule has 0 spiro atoms. The monoisotopic (exact) mass is 557 g/mol. The maximum atomic E-state index is 13.0. The lowest BCUT2D eigenvalue weighted by atomic mass is 9.63. The maximum absolute atomic E-state index is 13.0. The van der Waals surface area contributed by atoms with Crippen molar-refractivity contribution in [3.8, 4) is 22.4 Å². The van der Waals surface area contributed by atoms with E-state index in [9.17, 15) is 14.7 Å². The van der Waals surface area contributed by atoms with Crippen LogP contribution in [-0.4, -0.2) is 58.0 Å². The van der Waals surface area contributed by atoms with Gasteiger partial charge in [0.15, 0.2) is 5.82 Å². The number of rotatable bonds is 7. The van der Waals surface area contributed by atoms with Crippen LogP contribution in [-0.2, 0) is 15.1 Å². The molecule has 1 heterocycles. The van der Waals surface area contributed by atoms with Crippen molar-refractivity contribution in [3.63, 3.8) is 0 Å². The van der Waals surface area contributed by atoms with Gasteiger partial charge in [-0.05, 0) is 68.6 Å². The highest BCUT2D eigenvalue weighted by Crippen LogP contribution is 2.46. The minimum absolute atomic E-state index is 0.0928. The summed E-state index contributed by atoms with van der Waals surface area (Å²) in [6.45, 7) is 1.81. The summed E-state index contributed by atoms with van der Waals surface area (Å²) in [5, 5.41) is 22.1. The quantitative estimate of drug-likeness (QED) is 0.369. The summed E-state index contributed by atoms with van der Waals surface area (Å²) < 4.78 is 4.83. The van der Waals surface area contributed by atoms with Crippen molar-refractivity contribution in [2.75, 3.05) is 19.5 Å². The highest BCUT2D eigenvalue weighted by molar-refractivity contribution is 5.91. The zero-order chi connectivity index (χ0) is 29.2. The summed E-state index contributed by atoms with van der Waals surface area (Å²) >= 11 is 0. The van der Waals surface area contributed by atoms with Crippen LogP contribution in [0, 0.1) is 5.92 Å². The van der Waals surface area contributed by atoms with Gasteiger partial charge >= 0.3 is 6.09 Å². The Morgan fingerprint density at radius 1 is 1.02 bits per heavy atom. The number of carbonyl (C=O) groups is 2. The fraction of sp³-hybridized carbons (Fsp3) is 0.438. The summed E-state index contributed by atoms with van der Waals surface area (Å²) in [6.07, 6.45) is 4.55. The van der Waals surface area contributed by atoms with Gasteiger partial charge in [0.2, 0.25) is 5.91 Å². The van der Waals surface area contributed by atoms with E-state index >= 15 is 0 Å². The van der Waals surface area contributed by atoms with Gasteiger partial charge in [-0.25, -0.2) is 4.79 Å². The van der Waals surface area contributed by atoms with E-state index < -0.39 is 11.1 Å². The Hall–Kier alpha value is -3.82. The Balaban J connectivity index is 1.29. The number of ether oxygens (including phenoxy) is 1. The van der Waals surface area contributed by atoms with Crippen molar-refractivity contribution in [1.82, 2.24) is 15.1 Å². The van der Waals surface area contributed by atoms with Gasteiger partial charge in [-0.2, -0.15) is 0 Å². The van der Waals surface area contributed by atoms with Crippen LogP contribution >= 0.6 is 0 Å². The highest BCUT2D eigenvalue weighted by atomic mass is 16.5. The second-order valence-electron chi connectivity index (χ2n) is 11.9. The van der Waals surface area contributed by atoms with E-state index in [0.717, 1.165) is 47.9 Å². The number of nitrogens with two attached hydrogens (primary N) is 1. The standard InChI is InChI=1S/C32H39N5O4/c1-31(40)19-32(33,20-31)24-13-11-23(12-14-24)29-26(22-7-5-4-6-8-22)18-27(35-36-29)34-28(38)17-21-9-15-25(16-10-21)37(2)30(39)41-3/h4-8,11-14,18,21,25,40H,9-10,15-17,19-20,33H2,1-3H3,(H,34,35,38). The second-order valence-corrected chi connectivity index (χ2v) is 11.9. The van der Waals surface area contributed by atoms with Crippen molar-refractivity contribution in [2.24, 2.45) is 11.7 Å². The Labute approximate surface area is 241 Å². The molecule has 2 saturated carbocycles. The van der Waals surface area contributed by atoms with Gasteiger partial charge < -0.3 is 25.8 Å². The molecule has 9 nitrogen and oxygen atoms in total. The number of benzene rings is 2. The molecule has 0 bridgehead atoms. The molecule has 2 aromatic carbocycles. The zero-order valence-corrected chi connectivity index (χ0v) is 24.0. The molecule has 9 heteroatoms. The number of amides is 2. The van der Waals surface area contributed by atoms with E-state index in [2.05, 4.69) is 15.5 Å². The van der Waals surface area contributed by atoms with Crippen LogP contribution in [0.5, 0.6) is 0 Å². The van der Waals surface area contributed by atoms with Gasteiger partial charge in [-0.1, -0.05) is 54.6 Å². The van der Waals surface area contributed by atoms with E-state index in [-0.39, 0.29) is 24.0 Å². The second kappa shape index (κ2) is 11.6. The molecule has 5 rings (SSSR count). The molecule has 0 unspecified atom stereocenters. The Morgan fingerprint density at radius 2 is 1.68 bits per heavy atom. The lowest BCUT2D eigenvalue weighted by Gasteiger charge is -2.49. The van der Waals surface area contributed by atoms with Crippen molar-refractivity contribution < 1.29 is 19.4 Å². The van der Waals surface area contributed by atoms with Crippen LogP contribution in [0.25, 0.3) is 22.4 Å². The summed E-state index contributed by atoms with van der Waals surface area (Å²) in [5.74, 6) is 0.567. The minimum Gasteiger partial charge on any atom is -0.453 e. The number of hydrogen-bond donors (Lipinski definition) is 3. The number of carbonyl (C=O) groups excluding carboxylic acids is 2. The summed E-state index contributed by atoms with van der Waals surface area (Å²) in [5.41, 5.74) is 9.70. The molecular formula is C32H39N5O4. The smallest absolute Gasteiger partial charge is 0.409 e. The number of aliphatic hydroxyl groups is 1. The first-order chi connectivity index (χ1) is 19.6. The lowest BCUT2D eigenvalue weighted by molar-refractivity contribution is -0.117. The van der Waals surface area contributed by atoms with E-state index in [1.165, 1.54) is 7.11 Å². The maximum Gasteiger partial charge on any atom is 0.409 e. The summed E-state index contributed by atoms with van der Waals surface area (Å²) in [6, 6.07) is 19.9. The average molecular weight is 558 g/mol. The molecule has 2 fully saturated rings.